The molecule has 4 aromatic rings. The van der Waals surface area contributed by atoms with Crippen LogP contribution in [0.1, 0.15) is 31.8 Å². The van der Waals surface area contributed by atoms with Crippen molar-refractivity contribution < 1.29 is 14.4 Å². The zero-order valence-electron chi connectivity index (χ0n) is 20.3. The second kappa shape index (κ2) is 13.1. The quantitative estimate of drug-likeness (QED) is 0.165. The number of hydrogen-bond donors (Lipinski definition) is 2. The van der Waals surface area contributed by atoms with Crippen LogP contribution in [0.4, 0.5) is 5.69 Å². The Morgan fingerprint density at radius 1 is 0.692 bits per heavy atom. The molecule has 4 aromatic carbocycles. The maximum atomic E-state index is 13.2. The molecule has 2 N–H and O–H groups in total. The third kappa shape index (κ3) is 7.68. The molecular formula is C31H21Cl3N2O3. The molecule has 4 rings (SSSR count). The predicted octanol–water partition coefficient (Wildman–Crippen LogP) is 7.95. The third-order valence-corrected chi connectivity index (χ3v) is 6.62. The average Bonchev–Trinajstić information content (AvgIpc) is 2.95. The number of amides is 2. The SMILES string of the molecule is O=C(Nc1ccc(C(=O)/C=C/c2ccc(Cl)cc2)cc1)/C(=C/c1cccc(Cl)c1Cl)NC(=O)c1ccccc1. The molecule has 0 saturated carbocycles. The summed E-state index contributed by atoms with van der Waals surface area (Å²) >= 11 is 18.3. The maximum Gasteiger partial charge on any atom is 0.272 e. The van der Waals surface area contributed by atoms with E-state index in [1.807, 2.05) is 12.1 Å². The number of allylic oxidation sites excluding steroid dienone is 1. The lowest BCUT2D eigenvalue weighted by molar-refractivity contribution is -0.113. The van der Waals surface area contributed by atoms with Gasteiger partial charge in [0.15, 0.2) is 5.78 Å². The van der Waals surface area contributed by atoms with E-state index in [0.717, 1.165) is 5.56 Å². The standard InChI is InChI=1S/C31H21Cl3N2O3/c32-24-14-9-20(10-15-24)11-18-28(37)21-12-16-25(17-13-21)35-31(39)27(19-23-7-4-8-26(33)29(23)34)36-30(38)22-5-2-1-3-6-22/h1-19H,(H,35,39)(H,36,38)/b18-11+,27-19-. The van der Waals surface area contributed by atoms with Crippen LogP contribution in [0.3, 0.4) is 0 Å². The molecule has 0 saturated heterocycles. The summed E-state index contributed by atoms with van der Waals surface area (Å²) in [7, 11) is 0. The van der Waals surface area contributed by atoms with E-state index in [-0.39, 0.29) is 16.5 Å². The summed E-state index contributed by atoms with van der Waals surface area (Å²) < 4.78 is 0. The lowest BCUT2D eigenvalue weighted by atomic mass is 10.1. The van der Waals surface area contributed by atoms with Crippen LogP contribution in [0.5, 0.6) is 0 Å². The molecule has 5 nitrogen and oxygen atoms in total. The second-order valence-electron chi connectivity index (χ2n) is 8.30. The van der Waals surface area contributed by atoms with Crippen LogP contribution in [0.25, 0.3) is 12.2 Å². The average molecular weight is 576 g/mol. The van der Waals surface area contributed by atoms with Crippen molar-refractivity contribution in [2.24, 2.45) is 0 Å². The summed E-state index contributed by atoms with van der Waals surface area (Å²) in [6, 6.07) is 27.0. The van der Waals surface area contributed by atoms with Gasteiger partial charge in [0.05, 0.1) is 10.0 Å². The van der Waals surface area contributed by atoms with Gasteiger partial charge in [0, 0.05) is 21.8 Å². The van der Waals surface area contributed by atoms with Crippen LogP contribution < -0.4 is 10.6 Å². The van der Waals surface area contributed by atoms with E-state index >= 15 is 0 Å². The zero-order chi connectivity index (χ0) is 27.8. The smallest absolute Gasteiger partial charge is 0.272 e. The number of rotatable bonds is 8. The highest BCUT2D eigenvalue weighted by Crippen LogP contribution is 2.27. The molecule has 0 fully saturated rings. The summed E-state index contributed by atoms with van der Waals surface area (Å²) in [6.07, 6.45) is 4.61. The monoisotopic (exact) mass is 574 g/mol. The van der Waals surface area contributed by atoms with Crippen LogP contribution >= 0.6 is 34.8 Å². The molecule has 0 aliphatic rings. The molecule has 0 radical (unpaired) electrons. The number of hydrogen-bond acceptors (Lipinski definition) is 3. The van der Waals surface area contributed by atoms with E-state index in [9.17, 15) is 14.4 Å². The summed E-state index contributed by atoms with van der Waals surface area (Å²) in [5.41, 5.74) is 2.50. The van der Waals surface area contributed by atoms with Gasteiger partial charge in [-0.2, -0.15) is 0 Å². The number of benzene rings is 4. The Kier molecular flexibility index (Phi) is 9.34. The Labute approximate surface area is 240 Å². The summed E-state index contributed by atoms with van der Waals surface area (Å²) in [4.78, 5) is 38.6. The first kappa shape index (κ1) is 27.9. The second-order valence-corrected chi connectivity index (χ2v) is 9.52. The minimum Gasteiger partial charge on any atom is -0.321 e. The molecule has 0 aliphatic heterocycles. The highest BCUT2D eigenvalue weighted by molar-refractivity contribution is 6.43. The minimum atomic E-state index is -0.586. The van der Waals surface area contributed by atoms with E-state index in [1.54, 1.807) is 91.0 Å². The summed E-state index contributed by atoms with van der Waals surface area (Å²) in [6.45, 7) is 0. The molecule has 0 aromatic heterocycles. The first-order valence-electron chi connectivity index (χ1n) is 11.7. The predicted molar refractivity (Wildman–Crippen MR) is 158 cm³/mol. The molecule has 0 heterocycles. The van der Waals surface area contributed by atoms with Gasteiger partial charge < -0.3 is 10.6 Å². The normalized spacial score (nSPS) is 11.3. The summed E-state index contributed by atoms with van der Waals surface area (Å²) in [5.74, 6) is -1.25. The molecule has 194 valence electrons. The van der Waals surface area contributed by atoms with Gasteiger partial charge in [0.2, 0.25) is 0 Å². The van der Waals surface area contributed by atoms with Gasteiger partial charge in [0.1, 0.15) is 5.70 Å². The van der Waals surface area contributed by atoms with Gasteiger partial charge in [-0.25, -0.2) is 0 Å². The van der Waals surface area contributed by atoms with Gasteiger partial charge in [-0.15, -0.1) is 0 Å². The fourth-order valence-corrected chi connectivity index (χ4v) is 3.98. The van der Waals surface area contributed by atoms with E-state index in [1.165, 1.54) is 12.2 Å². The first-order valence-corrected chi connectivity index (χ1v) is 12.8. The van der Waals surface area contributed by atoms with E-state index in [2.05, 4.69) is 10.6 Å². The van der Waals surface area contributed by atoms with Crippen molar-refractivity contribution in [2.45, 2.75) is 0 Å². The summed E-state index contributed by atoms with van der Waals surface area (Å²) in [5, 5.41) is 6.56. The Balaban J connectivity index is 1.52. The number of carbonyl (C=O) groups excluding carboxylic acids is 3. The maximum absolute atomic E-state index is 13.2. The molecule has 0 aliphatic carbocycles. The van der Waals surface area contributed by atoms with Crippen LogP contribution in [0.15, 0.2) is 109 Å². The lowest BCUT2D eigenvalue weighted by Crippen LogP contribution is -2.30. The molecule has 0 unspecified atom stereocenters. The molecule has 8 heteroatoms. The number of anilines is 1. The van der Waals surface area contributed by atoms with E-state index in [0.29, 0.717) is 32.4 Å². The number of ketones is 1. The van der Waals surface area contributed by atoms with E-state index < -0.39 is 11.8 Å². The van der Waals surface area contributed by atoms with Gasteiger partial charge >= 0.3 is 0 Å². The van der Waals surface area contributed by atoms with Crippen molar-refractivity contribution in [3.63, 3.8) is 0 Å². The fourth-order valence-electron chi connectivity index (χ4n) is 3.49. The largest absolute Gasteiger partial charge is 0.321 e. The molecule has 2 amide bonds. The first-order chi connectivity index (χ1) is 18.8. The number of nitrogens with one attached hydrogen (secondary N) is 2. The van der Waals surface area contributed by atoms with Crippen LogP contribution in [-0.2, 0) is 4.79 Å². The van der Waals surface area contributed by atoms with E-state index in [4.69, 9.17) is 34.8 Å². The highest BCUT2D eigenvalue weighted by Gasteiger charge is 2.16. The Bertz CT molecular complexity index is 1560. The molecular weight excluding hydrogens is 555 g/mol. The lowest BCUT2D eigenvalue weighted by Gasteiger charge is -2.12. The van der Waals surface area contributed by atoms with Gasteiger partial charge in [-0.05, 0) is 77.9 Å². The molecule has 0 atom stereocenters. The van der Waals surface area contributed by atoms with Crippen molar-refractivity contribution in [3.8, 4) is 0 Å². The van der Waals surface area contributed by atoms with Crippen molar-refractivity contribution in [1.29, 1.82) is 0 Å². The molecule has 0 bridgehead atoms. The van der Waals surface area contributed by atoms with Gasteiger partial charge in [-0.1, -0.05) is 83.3 Å². The highest BCUT2D eigenvalue weighted by atomic mass is 35.5. The van der Waals surface area contributed by atoms with Crippen LogP contribution in [-0.4, -0.2) is 17.6 Å². The van der Waals surface area contributed by atoms with Gasteiger partial charge in [0.25, 0.3) is 11.8 Å². The van der Waals surface area contributed by atoms with Crippen LogP contribution in [0.2, 0.25) is 15.1 Å². The van der Waals surface area contributed by atoms with Crippen molar-refractivity contribution in [2.75, 3.05) is 5.32 Å². The number of halogens is 3. The van der Waals surface area contributed by atoms with Gasteiger partial charge in [-0.3, -0.25) is 14.4 Å². The topological polar surface area (TPSA) is 75.3 Å². The fraction of sp³-hybridized carbons (Fsp3) is 0. The van der Waals surface area contributed by atoms with Crippen molar-refractivity contribution in [1.82, 2.24) is 5.32 Å². The molecule has 0 spiro atoms. The van der Waals surface area contributed by atoms with Crippen molar-refractivity contribution in [3.05, 3.63) is 146 Å². The Hall–Kier alpha value is -4.16. The molecule has 39 heavy (non-hydrogen) atoms. The number of carbonyl (C=O) groups is 3. The third-order valence-electron chi connectivity index (χ3n) is 5.53. The van der Waals surface area contributed by atoms with Crippen LogP contribution in [0, 0.1) is 0 Å². The van der Waals surface area contributed by atoms with Crippen molar-refractivity contribution >= 4 is 70.2 Å². The zero-order valence-corrected chi connectivity index (χ0v) is 22.6. The Morgan fingerprint density at radius 2 is 1.38 bits per heavy atom. The minimum absolute atomic E-state index is 0.0425. The Morgan fingerprint density at radius 3 is 2.08 bits per heavy atom.